The van der Waals surface area contributed by atoms with Gasteiger partial charge in [-0.2, -0.15) is 0 Å². The fourth-order valence-electron chi connectivity index (χ4n) is 2.60. The van der Waals surface area contributed by atoms with Crippen LogP contribution in [0.3, 0.4) is 0 Å². The molecule has 1 heterocycles. The molecule has 1 fully saturated rings. The van der Waals surface area contributed by atoms with Crippen molar-refractivity contribution >= 4 is 17.3 Å². The number of rotatable bonds is 3. The molecule has 1 atom stereocenters. The molecular formula is C14H20N2O3. The van der Waals surface area contributed by atoms with E-state index in [0.29, 0.717) is 11.6 Å². The van der Waals surface area contributed by atoms with Crippen molar-refractivity contribution in [1.82, 2.24) is 0 Å². The van der Waals surface area contributed by atoms with Crippen LogP contribution in [-0.4, -0.2) is 35.4 Å². The highest BCUT2D eigenvalue weighted by Crippen LogP contribution is 2.29. The summed E-state index contributed by atoms with van der Waals surface area (Å²) in [5.74, 6) is -0.623. The number of aromatic carboxylic acids is 1. The summed E-state index contributed by atoms with van der Waals surface area (Å²) in [5, 5.41) is 18.5. The van der Waals surface area contributed by atoms with E-state index in [1.165, 1.54) is 6.07 Å². The number of carbonyl (C=O) groups is 1. The van der Waals surface area contributed by atoms with E-state index in [1.807, 2.05) is 6.92 Å². The second kappa shape index (κ2) is 5.48. The average molecular weight is 264 g/mol. The van der Waals surface area contributed by atoms with Gasteiger partial charge in [0.25, 0.3) is 0 Å². The molecule has 1 aromatic carbocycles. The number of nitrogens with zero attached hydrogens (tertiary/aromatic N) is 1. The third kappa shape index (κ3) is 2.98. The summed E-state index contributed by atoms with van der Waals surface area (Å²) in [6, 6.07) is 4.84. The van der Waals surface area contributed by atoms with Gasteiger partial charge < -0.3 is 20.8 Å². The Kier molecular flexibility index (Phi) is 3.95. The number of hydrogen-bond acceptors (Lipinski definition) is 4. The standard InChI is InChI=1S/C14H20N2O3/c1-9(17)10-4-6-16(7-5-10)13-3-2-11(14(18)19)8-12(13)15/h2-3,8-10,17H,4-7,15H2,1H3,(H,18,19). The number of nitrogen functional groups attached to an aromatic ring is 1. The molecule has 0 spiro atoms. The number of carboxylic acid groups (broad SMARTS) is 1. The molecule has 5 heteroatoms. The first kappa shape index (κ1) is 13.7. The maximum absolute atomic E-state index is 10.9. The van der Waals surface area contributed by atoms with E-state index in [2.05, 4.69) is 4.90 Å². The Labute approximate surface area is 112 Å². The van der Waals surface area contributed by atoms with Gasteiger partial charge in [0.1, 0.15) is 0 Å². The van der Waals surface area contributed by atoms with E-state index < -0.39 is 5.97 Å². The van der Waals surface area contributed by atoms with Crippen molar-refractivity contribution < 1.29 is 15.0 Å². The quantitative estimate of drug-likeness (QED) is 0.721. The van der Waals surface area contributed by atoms with Crippen LogP contribution < -0.4 is 10.6 Å². The van der Waals surface area contributed by atoms with E-state index in [4.69, 9.17) is 10.8 Å². The first-order valence-electron chi connectivity index (χ1n) is 6.55. The van der Waals surface area contributed by atoms with Crippen molar-refractivity contribution in [2.24, 2.45) is 5.92 Å². The number of aliphatic hydroxyl groups is 1. The van der Waals surface area contributed by atoms with E-state index in [9.17, 15) is 9.90 Å². The molecular weight excluding hydrogens is 244 g/mol. The lowest BCUT2D eigenvalue weighted by Crippen LogP contribution is -2.37. The lowest BCUT2D eigenvalue weighted by Gasteiger charge is -2.35. The van der Waals surface area contributed by atoms with Gasteiger partial charge >= 0.3 is 5.97 Å². The summed E-state index contributed by atoms with van der Waals surface area (Å²) in [7, 11) is 0. The summed E-state index contributed by atoms with van der Waals surface area (Å²) in [6.45, 7) is 3.51. The number of piperidine rings is 1. The number of nitrogens with two attached hydrogens (primary N) is 1. The molecule has 0 aliphatic carbocycles. The molecule has 1 aromatic rings. The van der Waals surface area contributed by atoms with E-state index in [1.54, 1.807) is 12.1 Å². The van der Waals surface area contributed by atoms with Gasteiger partial charge in [0, 0.05) is 13.1 Å². The average Bonchev–Trinajstić information content (AvgIpc) is 2.38. The fourth-order valence-corrected chi connectivity index (χ4v) is 2.60. The van der Waals surface area contributed by atoms with Gasteiger partial charge in [-0.15, -0.1) is 0 Å². The number of aliphatic hydroxyl groups excluding tert-OH is 1. The number of anilines is 2. The molecule has 0 amide bonds. The van der Waals surface area contributed by atoms with Crippen molar-refractivity contribution in [1.29, 1.82) is 0 Å². The van der Waals surface area contributed by atoms with Gasteiger partial charge in [-0.3, -0.25) is 0 Å². The van der Waals surface area contributed by atoms with Crippen LogP contribution in [0.4, 0.5) is 11.4 Å². The number of hydrogen-bond donors (Lipinski definition) is 3. The Morgan fingerprint density at radius 2 is 2.05 bits per heavy atom. The SMILES string of the molecule is CC(O)C1CCN(c2ccc(C(=O)O)cc2N)CC1. The molecule has 1 saturated heterocycles. The number of benzene rings is 1. The van der Waals surface area contributed by atoms with E-state index in [0.717, 1.165) is 31.6 Å². The Balaban J connectivity index is 2.09. The normalized spacial score (nSPS) is 18.3. The van der Waals surface area contributed by atoms with Crippen LogP contribution >= 0.6 is 0 Å². The summed E-state index contributed by atoms with van der Waals surface area (Å²) in [5.41, 5.74) is 7.52. The molecule has 0 aromatic heterocycles. The summed E-state index contributed by atoms with van der Waals surface area (Å²) in [6.07, 6.45) is 1.59. The zero-order valence-corrected chi connectivity index (χ0v) is 11.0. The number of carboxylic acids is 1. The lowest BCUT2D eigenvalue weighted by atomic mass is 9.92. The highest BCUT2D eigenvalue weighted by atomic mass is 16.4. The second-order valence-electron chi connectivity index (χ2n) is 5.14. The zero-order valence-electron chi connectivity index (χ0n) is 11.0. The Hall–Kier alpha value is -1.75. The summed E-state index contributed by atoms with van der Waals surface area (Å²) < 4.78 is 0. The maximum Gasteiger partial charge on any atom is 0.335 e. The highest BCUT2D eigenvalue weighted by molar-refractivity contribution is 5.90. The van der Waals surface area contributed by atoms with Crippen molar-refractivity contribution in [3.05, 3.63) is 23.8 Å². The topological polar surface area (TPSA) is 86.8 Å². The van der Waals surface area contributed by atoms with Gasteiger partial charge in [0.2, 0.25) is 0 Å². The van der Waals surface area contributed by atoms with Gasteiger partial charge in [-0.25, -0.2) is 4.79 Å². The summed E-state index contributed by atoms with van der Waals surface area (Å²) in [4.78, 5) is 13.0. The molecule has 0 bridgehead atoms. The first-order valence-corrected chi connectivity index (χ1v) is 6.55. The van der Waals surface area contributed by atoms with Crippen LogP contribution in [0, 0.1) is 5.92 Å². The Morgan fingerprint density at radius 3 is 2.53 bits per heavy atom. The molecule has 5 nitrogen and oxygen atoms in total. The zero-order chi connectivity index (χ0) is 14.0. The van der Waals surface area contributed by atoms with Gasteiger partial charge in [0.05, 0.1) is 23.0 Å². The highest BCUT2D eigenvalue weighted by Gasteiger charge is 2.23. The molecule has 19 heavy (non-hydrogen) atoms. The van der Waals surface area contributed by atoms with Crippen LogP contribution in [0.2, 0.25) is 0 Å². The predicted molar refractivity (Wildman–Crippen MR) is 74.4 cm³/mol. The smallest absolute Gasteiger partial charge is 0.335 e. The van der Waals surface area contributed by atoms with Crippen LogP contribution in [-0.2, 0) is 0 Å². The molecule has 1 aliphatic rings. The van der Waals surface area contributed by atoms with Crippen molar-refractivity contribution in [3.63, 3.8) is 0 Å². The minimum Gasteiger partial charge on any atom is -0.478 e. The molecule has 0 radical (unpaired) electrons. The van der Waals surface area contributed by atoms with Gasteiger partial charge in [0.15, 0.2) is 0 Å². The molecule has 104 valence electrons. The van der Waals surface area contributed by atoms with Crippen LogP contribution in [0.5, 0.6) is 0 Å². The van der Waals surface area contributed by atoms with Crippen LogP contribution in [0.25, 0.3) is 0 Å². The Bertz CT molecular complexity index is 466. The molecule has 1 unspecified atom stereocenters. The Morgan fingerprint density at radius 1 is 1.42 bits per heavy atom. The predicted octanol–water partition coefficient (Wildman–Crippen LogP) is 1.56. The monoisotopic (exact) mass is 264 g/mol. The first-order chi connectivity index (χ1) is 8.99. The van der Waals surface area contributed by atoms with Crippen molar-refractivity contribution in [2.45, 2.75) is 25.9 Å². The second-order valence-corrected chi connectivity index (χ2v) is 5.14. The van der Waals surface area contributed by atoms with Crippen LogP contribution in [0.15, 0.2) is 18.2 Å². The van der Waals surface area contributed by atoms with E-state index >= 15 is 0 Å². The van der Waals surface area contributed by atoms with Crippen LogP contribution in [0.1, 0.15) is 30.1 Å². The van der Waals surface area contributed by atoms with Crippen molar-refractivity contribution in [2.75, 3.05) is 23.7 Å². The molecule has 0 saturated carbocycles. The van der Waals surface area contributed by atoms with Crippen molar-refractivity contribution in [3.8, 4) is 0 Å². The maximum atomic E-state index is 10.9. The fraction of sp³-hybridized carbons (Fsp3) is 0.500. The third-order valence-corrected chi connectivity index (χ3v) is 3.84. The molecule has 1 aliphatic heterocycles. The lowest BCUT2D eigenvalue weighted by molar-refractivity contribution is 0.0697. The van der Waals surface area contributed by atoms with E-state index in [-0.39, 0.29) is 11.7 Å². The molecule has 2 rings (SSSR count). The largest absolute Gasteiger partial charge is 0.478 e. The minimum absolute atomic E-state index is 0.208. The summed E-state index contributed by atoms with van der Waals surface area (Å²) >= 11 is 0. The minimum atomic E-state index is -0.967. The third-order valence-electron chi connectivity index (χ3n) is 3.84. The molecule has 4 N–H and O–H groups in total. The van der Waals surface area contributed by atoms with Gasteiger partial charge in [-0.1, -0.05) is 0 Å². The van der Waals surface area contributed by atoms with Gasteiger partial charge in [-0.05, 0) is 43.9 Å².